The Hall–Kier alpha value is -1.37. The van der Waals surface area contributed by atoms with Crippen LogP contribution in [-0.2, 0) is 5.54 Å². The van der Waals surface area contributed by atoms with Crippen molar-refractivity contribution in [3.05, 3.63) is 48.0 Å². The third-order valence-electron chi connectivity index (χ3n) is 2.36. The molecule has 1 aliphatic heterocycles. The van der Waals surface area contributed by atoms with E-state index >= 15 is 0 Å². The van der Waals surface area contributed by atoms with Gasteiger partial charge < -0.3 is 0 Å². The van der Waals surface area contributed by atoms with Crippen LogP contribution in [-0.4, -0.2) is 5.71 Å². The third kappa shape index (κ3) is 1.42. The van der Waals surface area contributed by atoms with Crippen molar-refractivity contribution >= 4 is 5.71 Å². The smallest absolute Gasteiger partial charge is 0.102 e. The fraction of sp³-hybridized carbons (Fsp3) is 0.250. The van der Waals surface area contributed by atoms with E-state index in [9.17, 15) is 0 Å². The predicted molar refractivity (Wildman–Crippen MR) is 54.9 cm³/mol. The van der Waals surface area contributed by atoms with Crippen molar-refractivity contribution < 1.29 is 0 Å². The number of hydrogen-bond donors (Lipinski definition) is 0. The molecule has 13 heavy (non-hydrogen) atoms. The van der Waals surface area contributed by atoms with E-state index < -0.39 is 0 Å². The standard InChI is InChI=1S/C12H12N/c1-10-8-9-12(2,13-10)11-6-4-3-5-7-11/h4-9H,1-2H3. The number of hydrogen-bond acceptors (Lipinski definition) is 1. The second kappa shape index (κ2) is 2.84. The average molecular weight is 170 g/mol. The van der Waals surface area contributed by atoms with Gasteiger partial charge in [-0.1, -0.05) is 30.3 Å². The Kier molecular flexibility index (Phi) is 1.80. The van der Waals surface area contributed by atoms with Gasteiger partial charge in [-0.05, 0) is 31.6 Å². The Labute approximate surface area is 78.8 Å². The van der Waals surface area contributed by atoms with Gasteiger partial charge in [0.25, 0.3) is 0 Å². The van der Waals surface area contributed by atoms with Gasteiger partial charge in [0, 0.05) is 5.71 Å². The zero-order chi connectivity index (χ0) is 9.31. The summed E-state index contributed by atoms with van der Waals surface area (Å²) in [7, 11) is 0. The number of nitrogens with zero attached hydrogens (tertiary/aromatic N) is 1. The van der Waals surface area contributed by atoms with Crippen molar-refractivity contribution in [2.45, 2.75) is 19.4 Å². The van der Waals surface area contributed by atoms with Crippen LogP contribution >= 0.6 is 0 Å². The van der Waals surface area contributed by atoms with Crippen molar-refractivity contribution in [2.24, 2.45) is 4.99 Å². The molecule has 1 heteroatoms. The minimum Gasteiger partial charge on any atom is -0.275 e. The van der Waals surface area contributed by atoms with Crippen molar-refractivity contribution in [3.63, 3.8) is 0 Å². The summed E-state index contributed by atoms with van der Waals surface area (Å²) in [5, 5.41) is 0. The van der Waals surface area contributed by atoms with E-state index in [1.165, 1.54) is 5.56 Å². The molecule has 1 atom stereocenters. The van der Waals surface area contributed by atoms with Crippen LogP contribution in [0.25, 0.3) is 0 Å². The van der Waals surface area contributed by atoms with E-state index in [0.29, 0.717) is 0 Å². The molecule has 0 fully saturated rings. The lowest BCUT2D eigenvalue weighted by Crippen LogP contribution is -2.13. The summed E-state index contributed by atoms with van der Waals surface area (Å²) in [5.41, 5.74) is 2.16. The second-order valence-electron chi connectivity index (χ2n) is 3.52. The summed E-state index contributed by atoms with van der Waals surface area (Å²) in [5.74, 6) is 0. The minimum atomic E-state index is -0.154. The zero-order valence-corrected chi connectivity index (χ0v) is 7.91. The molecule has 0 saturated carbocycles. The van der Waals surface area contributed by atoms with E-state index in [1.807, 2.05) is 19.1 Å². The van der Waals surface area contributed by atoms with Crippen LogP contribution in [0.5, 0.6) is 0 Å². The summed E-state index contributed by atoms with van der Waals surface area (Å²) in [6.45, 7) is 4.14. The number of rotatable bonds is 1. The fourth-order valence-electron chi connectivity index (χ4n) is 1.61. The molecular formula is C12H12N. The maximum atomic E-state index is 4.58. The van der Waals surface area contributed by atoms with Gasteiger partial charge in [0.2, 0.25) is 0 Å². The van der Waals surface area contributed by atoms with Crippen molar-refractivity contribution in [2.75, 3.05) is 0 Å². The lowest BCUT2D eigenvalue weighted by molar-refractivity contribution is 0.645. The van der Waals surface area contributed by atoms with Crippen molar-refractivity contribution in [1.29, 1.82) is 0 Å². The van der Waals surface area contributed by atoms with Crippen LogP contribution in [0.1, 0.15) is 19.4 Å². The van der Waals surface area contributed by atoms with Crippen LogP contribution in [0.2, 0.25) is 0 Å². The zero-order valence-electron chi connectivity index (χ0n) is 7.91. The van der Waals surface area contributed by atoms with Gasteiger partial charge in [-0.2, -0.15) is 0 Å². The number of benzene rings is 1. The lowest BCUT2D eigenvalue weighted by Gasteiger charge is -2.18. The Morgan fingerprint density at radius 3 is 2.54 bits per heavy atom. The molecule has 1 radical (unpaired) electrons. The van der Waals surface area contributed by atoms with Gasteiger partial charge in [0.1, 0.15) is 5.54 Å². The molecular weight excluding hydrogens is 158 g/mol. The third-order valence-corrected chi connectivity index (χ3v) is 2.36. The summed E-state index contributed by atoms with van der Waals surface area (Å²) in [6.07, 6.45) is 4.20. The van der Waals surface area contributed by atoms with Crippen LogP contribution in [0.4, 0.5) is 0 Å². The number of aliphatic imine (C=N–C) groups is 1. The molecule has 1 nitrogen and oxygen atoms in total. The largest absolute Gasteiger partial charge is 0.275 e. The highest BCUT2D eigenvalue weighted by atomic mass is 14.9. The van der Waals surface area contributed by atoms with E-state index in [0.717, 1.165) is 5.71 Å². The second-order valence-corrected chi connectivity index (χ2v) is 3.52. The highest BCUT2D eigenvalue weighted by Crippen LogP contribution is 2.30. The molecule has 0 saturated heterocycles. The van der Waals surface area contributed by atoms with Crippen LogP contribution in [0.3, 0.4) is 0 Å². The Balaban J connectivity index is 2.43. The topological polar surface area (TPSA) is 12.4 Å². The van der Waals surface area contributed by atoms with E-state index in [-0.39, 0.29) is 5.54 Å². The maximum absolute atomic E-state index is 4.58. The Morgan fingerprint density at radius 2 is 2.00 bits per heavy atom. The highest BCUT2D eigenvalue weighted by molar-refractivity contribution is 5.95. The van der Waals surface area contributed by atoms with E-state index in [1.54, 1.807) is 0 Å². The molecule has 1 aromatic carbocycles. The molecule has 0 N–H and O–H groups in total. The van der Waals surface area contributed by atoms with E-state index in [2.05, 4.69) is 42.3 Å². The molecule has 2 rings (SSSR count). The lowest BCUT2D eigenvalue weighted by atomic mass is 9.94. The fourth-order valence-corrected chi connectivity index (χ4v) is 1.61. The van der Waals surface area contributed by atoms with Crippen LogP contribution < -0.4 is 0 Å². The maximum Gasteiger partial charge on any atom is 0.102 e. The predicted octanol–water partition coefficient (Wildman–Crippen LogP) is 2.73. The van der Waals surface area contributed by atoms with Gasteiger partial charge in [0.15, 0.2) is 0 Å². The Bertz CT molecular complexity index is 362. The Morgan fingerprint density at radius 1 is 1.31 bits per heavy atom. The van der Waals surface area contributed by atoms with E-state index in [4.69, 9.17) is 0 Å². The normalized spacial score (nSPS) is 26.2. The highest BCUT2D eigenvalue weighted by Gasteiger charge is 2.24. The first-order valence-corrected chi connectivity index (χ1v) is 4.43. The minimum absolute atomic E-state index is 0.154. The van der Waals surface area contributed by atoms with Crippen molar-refractivity contribution in [1.82, 2.24) is 0 Å². The van der Waals surface area contributed by atoms with Crippen LogP contribution in [0.15, 0.2) is 41.4 Å². The molecule has 65 valence electrons. The monoisotopic (exact) mass is 170 g/mol. The molecule has 1 aliphatic rings. The van der Waals surface area contributed by atoms with Crippen molar-refractivity contribution in [3.8, 4) is 0 Å². The molecule has 0 spiro atoms. The summed E-state index contributed by atoms with van der Waals surface area (Å²) in [6, 6.07) is 11.0. The summed E-state index contributed by atoms with van der Waals surface area (Å²) in [4.78, 5) is 4.58. The first-order valence-electron chi connectivity index (χ1n) is 4.43. The van der Waals surface area contributed by atoms with Gasteiger partial charge in [-0.15, -0.1) is 0 Å². The molecule has 1 heterocycles. The first-order chi connectivity index (χ1) is 6.21. The molecule has 0 bridgehead atoms. The number of allylic oxidation sites excluding steroid dienone is 1. The summed E-state index contributed by atoms with van der Waals surface area (Å²) < 4.78 is 0. The van der Waals surface area contributed by atoms with Gasteiger partial charge >= 0.3 is 0 Å². The molecule has 0 aromatic heterocycles. The summed E-state index contributed by atoms with van der Waals surface area (Å²) >= 11 is 0. The van der Waals surface area contributed by atoms with Gasteiger partial charge in [0.05, 0.1) is 0 Å². The van der Waals surface area contributed by atoms with Gasteiger partial charge in [-0.25, -0.2) is 0 Å². The molecule has 0 amide bonds. The molecule has 0 aliphatic carbocycles. The quantitative estimate of drug-likeness (QED) is 0.614. The SMILES string of the molecule is CC1=NC(C)(c2cc[c]cc2)C=C1. The van der Waals surface area contributed by atoms with Gasteiger partial charge in [-0.3, -0.25) is 4.99 Å². The van der Waals surface area contributed by atoms with Crippen LogP contribution in [0, 0.1) is 6.07 Å². The molecule has 1 aromatic rings. The molecule has 1 unspecified atom stereocenters. The first kappa shape index (κ1) is 8.24. The average Bonchev–Trinajstić information content (AvgIpc) is 2.49.